The van der Waals surface area contributed by atoms with Crippen LogP contribution in [0.3, 0.4) is 0 Å². The molecule has 1 N–H and O–H groups in total. The van der Waals surface area contributed by atoms with Gasteiger partial charge in [-0.25, -0.2) is 0 Å². The first kappa shape index (κ1) is 17.7. The van der Waals surface area contributed by atoms with Crippen molar-refractivity contribution in [2.75, 3.05) is 12.4 Å². The first-order valence-electron chi connectivity index (χ1n) is 6.64. The molecule has 0 aliphatic heterocycles. The number of methoxy groups -OCH3 is 1. The van der Waals surface area contributed by atoms with Gasteiger partial charge in [-0.2, -0.15) is 8.78 Å². The van der Waals surface area contributed by atoms with Crippen molar-refractivity contribution in [3.8, 4) is 0 Å². The van der Waals surface area contributed by atoms with E-state index in [1.807, 2.05) is 0 Å². The van der Waals surface area contributed by atoms with Gasteiger partial charge in [-0.3, -0.25) is 4.79 Å². The number of hydrogen-bond donors (Lipinski definition) is 1. The third kappa shape index (κ3) is 4.92. The molecule has 2 aromatic rings. The van der Waals surface area contributed by atoms with Gasteiger partial charge in [-0.05, 0) is 29.8 Å². The van der Waals surface area contributed by atoms with E-state index in [1.165, 1.54) is 12.1 Å². The summed E-state index contributed by atoms with van der Waals surface area (Å²) in [7, 11) is 1.59. The van der Waals surface area contributed by atoms with Crippen molar-refractivity contribution in [2.45, 2.75) is 17.3 Å². The number of nitrogens with one attached hydrogen (secondary N) is 1. The predicted molar refractivity (Wildman–Crippen MR) is 88.4 cm³/mol. The van der Waals surface area contributed by atoms with Crippen molar-refractivity contribution >= 4 is 35.0 Å². The van der Waals surface area contributed by atoms with E-state index in [2.05, 4.69) is 5.32 Å². The van der Waals surface area contributed by atoms with Gasteiger partial charge < -0.3 is 10.1 Å². The lowest BCUT2D eigenvalue weighted by atomic mass is 10.1. The van der Waals surface area contributed by atoms with Crippen molar-refractivity contribution in [1.29, 1.82) is 0 Å². The summed E-state index contributed by atoms with van der Waals surface area (Å²) < 4.78 is 30.3. The molecule has 0 spiro atoms. The molecular weight excluding hydrogens is 344 g/mol. The highest BCUT2D eigenvalue weighted by Gasteiger charge is 2.16. The lowest BCUT2D eigenvalue weighted by Gasteiger charge is -2.12. The van der Waals surface area contributed by atoms with Crippen LogP contribution in [-0.2, 0) is 11.3 Å². The van der Waals surface area contributed by atoms with E-state index in [1.54, 1.807) is 37.4 Å². The first-order chi connectivity index (χ1) is 11.0. The Hall–Kier alpha value is -1.63. The van der Waals surface area contributed by atoms with E-state index in [0.717, 1.165) is 5.56 Å². The lowest BCUT2D eigenvalue weighted by Crippen LogP contribution is -2.12. The van der Waals surface area contributed by atoms with E-state index in [4.69, 9.17) is 16.3 Å². The molecule has 23 heavy (non-hydrogen) atoms. The van der Waals surface area contributed by atoms with Gasteiger partial charge in [0.1, 0.15) is 0 Å². The van der Waals surface area contributed by atoms with Crippen LogP contribution in [0.25, 0.3) is 0 Å². The maximum absolute atomic E-state index is 12.6. The van der Waals surface area contributed by atoms with Gasteiger partial charge in [-0.1, -0.05) is 41.6 Å². The Labute approximate surface area is 142 Å². The number of anilines is 1. The largest absolute Gasteiger partial charge is 0.380 e. The molecule has 0 aromatic heterocycles. The van der Waals surface area contributed by atoms with Gasteiger partial charge in [0.05, 0.1) is 22.2 Å². The van der Waals surface area contributed by atoms with Crippen LogP contribution in [0, 0.1) is 0 Å². The van der Waals surface area contributed by atoms with Crippen LogP contribution in [0.4, 0.5) is 14.5 Å². The Morgan fingerprint density at radius 3 is 2.57 bits per heavy atom. The Kier molecular flexibility index (Phi) is 6.38. The zero-order valence-electron chi connectivity index (χ0n) is 12.2. The molecule has 0 bridgehead atoms. The fourth-order valence-electron chi connectivity index (χ4n) is 1.93. The minimum absolute atomic E-state index is 0.147. The summed E-state index contributed by atoms with van der Waals surface area (Å²) in [5.74, 6) is -3.02. The molecule has 0 aliphatic rings. The highest BCUT2D eigenvalue weighted by Crippen LogP contribution is 2.37. The topological polar surface area (TPSA) is 38.3 Å². The van der Waals surface area contributed by atoms with Crippen LogP contribution in [0.15, 0.2) is 47.4 Å². The summed E-state index contributed by atoms with van der Waals surface area (Å²) in [6.07, 6.45) is 0. The van der Waals surface area contributed by atoms with E-state index in [9.17, 15) is 13.6 Å². The first-order valence-corrected chi connectivity index (χ1v) is 7.89. The van der Waals surface area contributed by atoms with E-state index < -0.39 is 11.7 Å². The molecule has 7 heteroatoms. The average Bonchev–Trinajstić information content (AvgIpc) is 2.51. The van der Waals surface area contributed by atoms with Gasteiger partial charge in [0.25, 0.3) is 11.7 Å². The predicted octanol–water partition coefficient (Wildman–Crippen LogP) is 5.05. The molecular formula is C16H14ClF2NO2S. The third-order valence-electron chi connectivity index (χ3n) is 2.95. The number of carbonyl (C=O) groups excluding carboxylic acids is 1. The molecule has 0 aliphatic carbocycles. The van der Waals surface area contributed by atoms with Crippen molar-refractivity contribution in [1.82, 2.24) is 0 Å². The van der Waals surface area contributed by atoms with Gasteiger partial charge >= 0.3 is 0 Å². The highest BCUT2D eigenvalue weighted by molar-refractivity contribution is 7.99. The lowest BCUT2D eigenvalue weighted by molar-refractivity contribution is 0.102. The van der Waals surface area contributed by atoms with Crippen LogP contribution in [0.1, 0.15) is 15.9 Å². The molecule has 0 saturated heterocycles. The maximum Gasteiger partial charge on any atom is 0.289 e. The van der Waals surface area contributed by atoms with Gasteiger partial charge in [0, 0.05) is 12.7 Å². The summed E-state index contributed by atoms with van der Waals surface area (Å²) in [6, 6.07) is 11.5. The van der Waals surface area contributed by atoms with Crippen LogP contribution in [-0.4, -0.2) is 18.8 Å². The molecule has 0 fully saturated rings. The Bertz CT molecular complexity index is 680. The average molecular weight is 358 g/mol. The number of amides is 1. The van der Waals surface area contributed by atoms with E-state index in [-0.39, 0.29) is 15.6 Å². The molecule has 0 heterocycles. The molecule has 0 atom stereocenters. The summed E-state index contributed by atoms with van der Waals surface area (Å²) in [6.45, 7) is 0.450. The van der Waals surface area contributed by atoms with Crippen LogP contribution >= 0.6 is 23.4 Å². The van der Waals surface area contributed by atoms with Gasteiger partial charge in [0.2, 0.25) is 0 Å². The quantitative estimate of drug-likeness (QED) is 0.735. The smallest absolute Gasteiger partial charge is 0.289 e. The Morgan fingerprint density at radius 2 is 1.96 bits per heavy atom. The second-order valence-corrected chi connectivity index (χ2v) is 5.99. The summed E-state index contributed by atoms with van der Waals surface area (Å²) in [4.78, 5) is 12.4. The fourth-order valence-corrected chi connectivity index (χ4v) is 2.84. The standard InChI is InChI=1S/C16H14ClF2NO2S/c1-22-9-10-5-7-11(8-6-10)15(21)20-13-4-2-3-12(17)14(13)23-16(18)19/h2-8,16H,9H2,1H3,(H,20,21). The van der Waals surface area contributed by atoms with Crippen LogP contribution < -0.4 is 5.32 Å². The van der Waals surface area contributed by atoms with Gasteiger partial charge in [-0.15, -0.1) is 0 Å². The molecule has 2 rings (SSSR count). The summed E-state index contributed by atoms with van der Waals surface area (Å²) in [5, 5.41) is 2.79. The number of thioether (sulfide) groups is 1. The fraction of sp³-hybridized carbons (Fsp3) is 0.188. The molecule has 2 aromatic carbocycles. The van der Waals surface area contributed by atoms with Crippen molar-refractivity contribution in [3.63, 3.8) is 0 Å². The highest BCUT2D eigenvalue weighted by atomic mass is 35.5. The van der Waals surface area contributed by atoms with Crippen LogP contribution in [0.5, 0.6) is 0 Å². The number of carbonyl (C=O) groups is 1. The molecule has 0 saturated carbocycles. The Morgan fingerprint density at radius 1 is 1.26 bits per heavy atom. The zero-order valence-corrected chi connectivity index (χ0v) is 13.8. The number of hydrogen-bond acceptors (Lipinski definition) is 3. The minimum Gasteiger partial charge on any atom is -0.380 e. The number of ether oxygens (including phenoxy) is 1. The maximum atomic E-state index is 12.6. The van der Waals surface area contributed by atoms with Crippen molar-refractivity contribution < 1.29 is 18.3 Å². The number of rotatable bonds is 6. The SMILES string of the molecule is COCc1ccc(C(=O)Nc2cccc(Cl)c2SC(F)F)cc1. The molecule has 3 nitrogen and oxygen atoms in total. The molecule has 0 unspecified atom stereocenters. The molecule has 1 amide bonds. The minimum atomic E-state index is -2.63. The number of halogens is 3. The van der Waals surface area contributed by atoms with Gasteiger partial charge in [0.15, 0.2) is 0 Å². The van der Waals surface area contributed by atoms with Crippen molar-refractivity contribution in [3.05, 3.63) is 58.6 Å². The second-order valence-electron chi connectivity index (χ2n) is 4.58. The van der Waals surface area contributed by atoms with E-state index in [0.29, 0.717) is 23.9 Å². The summed E-state index contributed by atoms with van der Waals surface area (Å²) in [5.41, 5.74) is 1.60. The second kappa shape index (κ2) is 8.29. The van der Waals surface area contributed by atoms with Crippen LogP contribution in [0.2, 0.25) is 5.02 Å². The van der Waals surface area contributed by atoms with Crippen molar-refractivity contribution in [2.24, 2.45) is 0 Å². The molecule has 0 radical (unpaired) electrons. The monoisotopic (exact) mass is 357 g/mol. The number of benzene rings is 2. The normalized spacial score (nSPS) is 10.8. The number of alkyl halides is 2. The third-order valence-corrected chi connectivity index (χ3v) is 4.23. The van der Waals surface area contributed by atoms with E-state index >= 15 is 0 Å². The molecule has 122 valence electrons. The summed E-state index contributed by atoms with van der Waals surface area (Å²) >= 11 is 6.24. The zero-order chi connectivity index (χ0) is 16.8. The Balaban J connectivity index is 2.18.